The predicted octanol–water partition coefficient (Wildman–Crippen LogP) is 1.61. The highest BCUT2D eigenvalue weighted by atomic mass is 16.5. The van der Waals surface area contributed by atoms with Crippen molar-refractivity contribution in [3.05, 3.63) is 12.7 Å². The molecule has 0 aliphatic heterocycles. The molecular formula is C12H21NO3. The molecule has 0 rings (SSSR count). The first-order chi connectivity index (χ1) is 7.51. The number of carbonyl (C=O) groups excluding carboxylic acids is 2. The van der Waals surface area contributed by atoms with Crippen LogP contribution in [-0.4, -0.2) is 36.5 Å². The lowest BCUT2D eigenvalue weighted by Gasteiger charge is -2.19. The topological polar surface area (TPSA) is 46.6 Å². The minimum absolute atomic E-state index is 0.00537. The van der Waals surface area contributed by atoms with Crippen molar-refractivity contribution in [2.24, 2.45) is 5.92 Å². The molecule has 0 unspecified atom stereocenters. The van der Waals surface area contributed by atoms with Crippen molar-refractivity contribution in [1.29, 1.82) is 0 Å². The fourth-order valence-corrected chi connectivity index (χ4v) is 1.13. The summed E-state index contributed by atoms with van der Waals surface area (Å²) in [5, 5.41) is 0. The number of hydrogen-bond acceptors (Lipinski definition) is 3. The van der Waals surface area contributed by atoms with E-state index in [1.807, 2.05) is 20.8 Å². The molecule has 0 atom stereocenters. The highest BCUT2D eigenvalue weighted by molar-refractivity contribution is 5.89. The van der Waals surface area contributed by atoms with Gasteiger partial charge in [-0.2, -0.15) is 0 Å². The number of ether oxygens (including phenoxy) is 1. The zero-order chi connectivity index (χ0) is 12.6. The molecule has 4 nitrogen and oxygen atoms in total. The van der Waals surface area contributed by atoms with Crippen LogP contribution in [0, 0.1) is 5.92 Å². The van der Waals surface area contributed by atoms with Gasteiger partial charge >= 0.3 is 5.97 Å². The first-order valence-electron chi connectivity index (χ1n) is 5.58. The molecule has 0 aromatic carbocycles. The second-order valence-corrected chi connectivity index (χ2v) is 4.04. The molecule has 92 valence electrons. The molecule has 0 aromatic heterocycles. The molecule has 0 aliphatic carbocycles. The summed E-state index contributed by atoms with van der Waals surface area (Å²) in [5.41, 5.74) is 0. The first-order valence-corrected chi connectivity index (χ1v) is 5.58. The zero-order valence-electron chi connectivity index (χ0n) is 10.4. The Balaban J connectivity index is 4.12. The lowest BCUT2D eigenvalue weighted by atomic mass is 10.2. The number of carbonyl (C=O) groups is 2. The third-order valence-electron chi connectivity index (χ3n) is 1.88. The van der Waals surface area contributed by atoms with Gasteiger partial charge in [0.1, 0.15) is 6.54 Å². The fourth-order valence-electron chi connectivity index (χ4n) is 1.13. The van der Waals surface area contributed by atoms with Crippen molar-refractivity contribution in [3.63, 3.8) is 0 Å². The van der Waals surface area contributed by atoms with Crippen LogP contribution in [0.2, 0.25) is 0 Å². The lowest BCUT2D eigenvalue weighted by molar-refractivity contribution is -0.149. The van der Waals surface area contributed by atoms with Gasteiger partial charge in [0, 0.05) is 6.54 Å². The summed E-state index contributed by atoms with van der Waals surface area (Å²) in [6.07, 6.45) is 2.02. The second-order valence-electron chi connectivity index (χ2n) is 4.04. The predicted molar refractivity (Wildman–Crippen MR) is 62.9 cm³/mol. The smallest absolute Gasteiger partial charge is 0.325 e. The second kappa shape index (κ2) is 7.91. The average Bonchev–Trinajstić information content (AvgIpc) is 2.24. The Labute approximate surface area is 97.3 Å². The zero-order valence-corrected chi connectivity index (χ0v) is 10.4. The van der Waals surface area contributed by atoms with E-state index < -0.39 is 0 Å². The Morgan fingerprint density at radius 1 is 1.44 bits per heavy atom. The average molecular weight is 227 g/mol. The van der Waals surface area contributed by atoms with Gasteiger partial charge in [-0.3, -0.25) is 9.59 Å². The molecule has 0 heterocycles. The number of nitrogens with zero attached hydrogens (tertiary/aromatic N) is 1. The van der Waals surface area contributed by atoms with E-state index >= 15 is 0 Å². The van der Waals surface area contributed by atoms with Crippen LogP contribution in [0.5, 0.6) is 0 Å². The Kier molecular flexibility index (Phi) is 7.25. The van der Waals surface area contributed by atoms with Crippen molar-refractivity contribution in [2.45, 2.75) is 27.2 Å². The molecule has 0 fully saturated rings. The van der Waals surface area contributed by atoms with Crippen molar-refractivity contribution < 1.29 is 14.3 Å². The number of esters is 1. The molecule has 0 saturated heterocycles. The summed E-state index contributed by atoms with van der Waals surface area (Å²) in [4.78, 5) is 24.2. The molecule has 0 aliphatic rings. The van der Waals surface area contributed by atoms with Gasteiger partial charge in [0.2, 0.25) is 5.91 Å². The van der Waals surface area contributed by atoms with E-state index in [2.05, 4.69) is 6.58 Å². The molecule has 0 spiro atoms. The van der Waals surface area contributed by atoms with E-state index in [1.54, 1.807) is 0 Å². The monoisotopic (exact) mass is 227 g/mol. The maximum atomic E-state index is 11.4. The molecule has 4 heteroatoms. The van der Waals surface area contributed by atoms with Gasteiger partial charge in [0.25, 0.3) is 0 Å². The van der Waals surface area contributed by atoms with Gasteiger partial charge in [-0.1, -0.05) is 27.4 Å². The van der Waals surface area contributed by atoms with Gasteiger partial charge < -0.3 is 9.64 Å². The summed E-state index contributed by atoms with van der Waals surface area (Å²) >= 11 is 0. The van der Waals surface area contributed by atoms with Crippen LogP contribution >= 0.6 is 0 Å². The molecular weight excluding hydrogens is 206 g/mol. The van der Waals surface area contributed by atoms with E-state index in [1.165, 1.54) is 11.0 Å². The van der Waals surface area contributed by atoms with Crippen LogP contribution in [0.15, 0.2) is 12.7 Å². The van der Waals surface area contributed by atoms with Gasteiger partial charge in [-0.25, -0.2) is 0 Å². The maximum absolute atomic E-state index is 11.4. The van der Waals surface area contributed by atoms with E-state index in [0.29, 0.717) is 19.1 Å². The minimum Gasteiger partial charge on any atom is -0.464 e. The van der Waals surface area contributed by atoms with Crippen molar-refractivity contribution in [1.82, 2.24) is 4.90 Å². The summed E-state index contributed by atoms with van der Waals surface area (Å²) in [7, 11) is 0. The highest BCUT2D eigenvalue weighted by Gasteiger charge is 2.14. The first kappa shape index (κ1) is 14.7. The van der Waals surface area contributed by atoms with Gasteiger partial charge in [-0.05, 0) is 18.4 Å². The Morgan fingerprint density at radius 3 is 2.50 bits per heavy atom. The van der Waals surface area contributed by atoms with Crippen molar-refractivity contribution in [2.75, 3.05) is 19.7 Å². The molecule has 0 radical (unpaired) electrons. The Morgan fingerprint density at radius 2 is 2.06 bits per heavy atom. The molecule has 1 amide bonds. The van der Waals surface area contributed by atoms with Gasteiger partial charge in [0.15, 0.2) is 0 Å². The van der Waals surface area contributed by atoms with Gasteiger partial charge in [-0.15, -0.1) is 0 Å². The lowest BCUT2D eigenvalue weighted by Crippen LogP contribution is -2.36. The largest absolute Gasteiger partial charge is 0.464 e. The van der Waals surface area contributed by atoms with E-state index in [9.17, 15) is 9.59 Å². The molecule has 0 bridgehead atoms. The van der Waals surface area contributed by atoms with Crippen LogP contribution in [0.3, 0.4) is 0 Å². The Hall–Kier alpha value is -1.32. The van der Waals surface area contributed by atoms with Gasteiger partial charge in [0.05, 0.1) is 6.61 Å². The van der Waals surface area contributed by atoms with E-state index in [4.69, 9.17) is 4.74 Å². The van der Waals surface area contributed by atoms with Crippen LogP contribution in [0.25, 0.3) is 0 Å². The number of amides is 1. The SMILES string of the molecule is C=CC(=O)N(CCC)CC(=O)OCC(C)C. The number of rotatable bonds is 7. The summed E-state index contributed by atoms with van der Waals surface area (Å²) in [5.74, 6) is -0.292. The van der Waals surface area contributed by atoms with Crippen LogP contribution < -0.4 is 0 Å². The van der Waals surface area contributed by atoms with Crippen LogP contribution in [-0.2, 0) is 14.3 Å². The summed E-state index contributed by atoms with van der Waals surface area (Å²) in [6, 6.07) is 0. The fraction of sp³-hybridized carbons (Fsp3) is 0.667. The summed E-state index contributed by atoms with van der Waals surface area (Å²) in [6.45, 7) is 10.2. The maximum Gasteiger partial charge on any atom is 0.325 e. The highest BCUT2D eigenvalue weighted by Crippen LogP contribution is 1.98. The number of hydrogen-bond donors (Lipinski definition) is 0. The van der Waals surface area contributed by atoms with Crippen molar-refractivity contribution >= 4 is 11.9 Å². The van der Waals surface area contributed by atoms with Crippen LogP contribution in [0.4, 0.5) is 0 Å². The van der Waals surface area contributed by atoms with E-state index in [0.717, 1.165) is 6.42 Å². The molecule has 0 aromatic rings. The van der Waals surface area contributed by atoms with Crippen LogP contribution in [0.1, 0.15) is 27.2 Å². The summed E-state index contributed by atoms with van der Waals surface area (Å²) < 4.78 is 5.01. The third-order valence-corrected chi connectivity index (χ3v) is 1.88. The van der Waals surface area contributed by atoms with E-state index in [-0.39, 0.29) is 18.4 Å². The quantitative estimate of drug-likeness (QED) is 0.490. The normalized spacial score (nSPS) is 10.0. The standard InChI is InChI=1S/C12H21NO3/c1-5-7-13(11(14)6-2)8-12(15)16-9-10(3)4/h6,10H,2,5,7-9H2,1,3-4H3. The Bertz CT molecular complexity index is 249. The minimum atomic E-state index is -0.364. The van der Waals surface area contributed by atoms with Crippen molar-refractivity contribution in [3.8, 4) is 0 Å². The molecule has 0 N–H and O–H groups in total. The molecule has 16 heavy (non-hydrogen) atoms. The molecule has 0 saturated carbocycles. The third kappa shape index (κ3) is 6.22.